The standard InChI is InChI=1S/C9H17O3P/c1-4-7-8-9(5-2)13(10,11)12-6-3/h2,4,6-8H2,1,3H3,(H,10,11). The van der Waals surface area contributed by atoms with E-state index in [1.54, 1.807) is 6.92 Å². The Balaban J connectivity index is 4.40. The summed E-state index contributed by atoms with van der Waals surface area (Å²) in [4.78, 5) is 9.39. The summed E-state index contributed by atoms with van der Waals surface area (Å²) in [6.07, 6.45) is 2.36. The molecule has 0 aromatic carbocycles. The fourth-order valence-electron chi connectivity index (χ4n) is 0.927. The van der Waals surface area contributed by atoms with Gasteiger partial charge in [0.25, 0.3) is 0 Å². The van der Waals surface area contributed by atoms with Crippen LogP contribution in [0.25, 0.3) is 0 Å². The molecule has 0 aliphatic rings. The maximum absolute atomic E-state index is 11.4. The second-order valence-corrected chi connectivity index (χ2v) is 4.50. The summed E-state index contributed by atoms with van der Waals surface area (Å²) < 4.78 is 16.2. The molecule has 1 unspecified atom stereocenters. The van der Waals surface area contributed by atoms with Gasteiger partial charge in [0.2, 0.25) is 0 Å². The molecule has 4 heteroatoms. The van der Waals surface area contributed by atoms with Crippen LogP contribution in [0.15, 0.2) is 17.6 Å². The van der Waals surface area contributed by atoms with Gasteiger partial charge in [0.05, 0.1) is 11.9 Å². The molecule has 0 amide bonds. The molecule has 0 fully saturated rings. The Kier molecular flexibility index (Phi) is 6.02. The summed E-state index contributed by atoms with van der Waals surface area (Å²) >= 11 is 0. The minimum absolute atomic E-state index is 0.227. The van der Waals surface area contributed by atoms with Gasteiger partial charge >= 0.3 is 7.60 Å². The van der Waals surface area contributed by atoms with E-state index >= 15 is 0 Å². The Morgan fingerprint density at radius 1 is 1.62 bits per heavy atom. The highest BCUT2D eigenvalue weighted by Crippen LogP contribution is 2.51. The molecule has 0 aliphatic heterocycles. The molecule has 0 saturated heterocycles. The smallest absolute Gasteiger partial charge is 0.321 e. The molecule has 0 radical (unpaired) electrons. The van der Waals surface area contributed by atoms with Crippen molar-refractivity contribution in [1.29, 1.82) is 0 Å². The van der Waals surface area contributed by atoms with E-state index in [1.165, 1.54) is 0 Å². The average molecular weight is 204 g/mol. The summed E-state index contributed by atoms with van der Waals surface area (Å²) in [5, 5.41) is 0.302. The summed E-state index contributed by atoms with van der Waals surface area (Å²) in [7, 11) is -3.59. The fourth-order valence-corrected chi connectivity index (χ4v) is 2.07. The highest BCUT2D eigenvalue weighted by Gasteiger charge is 2.23. The minimum Gasteiger partial charge on any atom is -0.321 e. The third kappa shape index (κ3) is 4.44. The topological polar surface area (TPSA) is 46.5 Å². The monoisotopic (exact) mass is 204 g/mol. The number of hydrogen-bond donors (Lipinski definition) is 1. The van der Waals surface area contributed by atoms with Crippen LogP contribution in [0.4, 0.5) is 0 Å². The normalized spacial score (nSPS) is 14.7. The van der Waals surface area contributed by atoms with Crippen LogP contribution in [0.5, 0.6) is 0 Å². The van der Waals surface area contributed by atoms with Crippen molar-refractivity contribution >= 4 is 7.60 Å². The molecule has 0 aromatic heterocycles. The van der Waals surface area contributed by atoms with Crippen LogP contribution < -0.4 is 0 Å². The van der Waals surface area contributed by atoms with Crippen molar-refractivity contribution in [3.05, 3.63) is 17.6 Å². The van der Waals surface area contributed by atoms with Gasteiger partial charge < -0.3 is 9.42 Å². The molecule has 0 rings (SSSR count). The Labute approximate surface area is 79.7 Å². The molecule has 3 nitrogen and oxygen atoms in total. The molecule has 1 N–H and O–H groups in total. The van der Waals surface area contributed by atoms with Gasteiger partial charge in [0.15, 0.2) is 0 Å². The molecular formula is C9H17O3P. The molecule has 0 aliphatic carbocycles. The van der Waals surface area contributed by atoms with Gasteiger partial charge in [0, 0.05) is 0 Å². The van der Waals surface area contributed by atoms with Crippen molar-refractivity contribution < 1.29 is 14.0 Å². The molecule has 0 spiro atoms. The predicted octanol–water partition coefficient (Wildman–Crippen LogP) is 3.07. The van der Waals surface area contributed by atoms with Gasteiger partial charge in [-0.3, -0.25) is 4.57 Å². The van der Waals surface area contributed by atoms with E-state index in [4.69, 9.17) is 4.52 Å². The third-order valence-electron chi connectivity index (χ3n) is 1.62. The average Bonchev–Trinajstić information content (AvgIpc) is 2.05. The van der Waals surface area contributed by atoms with Crippen molar-refractivity contribution in [3.8, 4) is 0 Å². The van der Waals surface area contributed by atoms with Gasteiger partial charge in [-0.1, -0.05) is 19.9 Å². The lowest BCUT2D eigenvalue weighted by Gasteiger charge is -2.11. The van der Waals surface area contributed by atoms with Crippen LogP contribution in [-0.2, 0) is 9.09 Å². The first kappa shape index (κ1) is 12.7. The number of hydrogen-bond acceptors (Lipinski definition) is 2. The minimum atomic E-state index is -3.59. The van der Waals surface area contributed by atoms with Crippen LogP contribution in [0.2, 0.25) is 0 Å². The largest absolute Gasteiger partial charge is 0.362 e. The predicted molar refractivity (Wildman–Crippen MR) is 53.6 cm³/mol. The quantitative estimate of drug-likeness (QED) is 0.534. The zero-order valence-corrected chi connectivity index (χ0v) is 9.14. The molecular weight excluding hydrogens is 187 g/mol. The van der Waals surface area contributed by atoms with Gasteiger partial charge in [-0.05, 0) is 19.8 Å². The summed E-state index contributed by atoms with van der Waals surface area (Å²) in [5.74, 6) is 0. The van der Waals surface area contributed by atoms with Crippen molar-refractivity contribution in [2.75, 3.05) is 6.61 Å². The summed E-state index contributed by atoms with van der Waals surface area (Å²) in [6.45, 7) is 7.32. The Morgan fingerprint density at radius 3 is 2.62 bits per heavy atom. The van der Waals surface area contributed by atoms with Gasteiger partial charge in [-0.25, -0.2) is 0 Å². The van der Waals surface area contributed by atoms with Gasteiger partial charge in [0.1, 0.15) is 0 Å². The Bertz CT molecular complexity index is 241. The molecule has 0 bridgehead atoms. The number of unbranched alkanes of at least 4 members (excludes halogenated alkanes) is 1. The van der Waals surface area contributed by atoms with Crippen molar-refractivity contribution in [1.82, 2.24) is 0 Å². The van der Waals surface area contributed by atoms with Crippen molar-refractivity contribution in [2.45, 2.75) is 33.1 Å². The third-order valence-corrected chi connectivity index (χ3v) is 3.29. The Morgan fingerprint density at radius 2 is 2.23 bits per heavy atom. The lowest BCUT2D eigenvalue weighted by atomic mass is 10.2. The van der Waals surface area contributed by atoms with E-state index in [9.17, 15) is 9.46 Å². The summed E-state index contributed by atoms with van der Waals surface area (Å²) in [6, 6.07) is 0. The van der Waals surface area contributed by atoms with E-state index in [0.717, 1.165) is 12.8 Å². The van der Waals surface area contributed by atoms with Crippen molar-refractivity contribution in [2.24, 2.45) is 0 Å². The summed E-state index contributed by atoms with van der Waals surface area (Å²) in [5.41, 5.74) is 2.49. The lowest BCUT2D eigenvalue weighted by Crippen LogP contribution is -1.92. The number of allylic oxidation sites excluding steroid dienone is 1. The van der Waals surface area contributed by atoms with Gasteiger partial charge in [-0.15, -0.1) is 5.73 Å². The fraction of sp³-hybridized carbons (Fsp3) is 0.667. The number of rotatable bonds is 6. The first-order valence-corrected chi connectivity index (χ1v) is 6.03. The highest BCUT2D eigenvalue weighted by molar-refractivity contribution is 7.57. The second-order valence-electron chi connectivity index (χ2n) is 2.67. The maximum atomic E-state index is 11.4. The first-order valence-electron chi connectivity index (χ1n) is 4.45. The van der Waals surface area contributed by atoms with Crippen LogP contribution in [0, 0.1) is 0 Å². The van der Waals surface area contributed by atoms with E-state index < -0.39 is 7.60 Å². The first-order chi connectivity index (χ1) is 6.08. The van der Waals surface area contributed by atoms with E-state index in [1.807, 2.05) is 6.92 Å². The van der Waals surface area contributed by atoms with Gasteiger partial charge in [-0.2, -0.15) is 0 Å². The SMILES string of the molecule is C=C=C(CCCC)P(=O)(O)OCC. The zero-order chi connectivity index (χ0) is 10.3. The molecule has 1 atom stereocenters. The van der Waals surface area contributed by atoms with E-state index in [2.05, 4.69) is 12.3 Å². The molecule has 0 heterocycles. The molecule has 76 valence electrons. The second kappa shape index (κ2) is 6.17. The van der Waals surface area contributed by atoms with Crippen LogP contribution in [0.3, 0.4) is 0 Å². The van der Waals surface area contributed by atoms with Crippen LogP contribution >= 0.6 is 7.60 Å². The lowest BCUT2D eigenvalue weighted by molar-refractivity contribution is 0.279. The Hall–Kier alpha value is -0.330. The van der Waals surface area contributed by atoms with Crippen molar-refractivity contribution in [3.63, 3.8) is 0 Å². The molecule has 0 saturated carbocycles. The van der Waals surface area contributed by atoms with E-state index in [0.29, 0.717) is 11.7 Å². The van der Waals surface area contributed by atoms with E-state index in [-0.39, 0.29) is 6.61 Å². The molecule has 13 heavy (non-hydrogen) atoms. The molecule has 0 aromatic rings. The van der Waals surface area contributed by atoms with Crippen LogP contribution in [0.1, 0.15) is 33.1 Å². The van der Waals surface area contributed by atoms with Crippen LogP contribution in [-0.4, -0.2) is 11.5 Å². The zero-order valence-electron chi connectivity index (χ0n) is 8.25. The maximum Gasteiger partial charge on any atom is 0.362 e. The highest BCUT2D eigenvalue weighted by atomic mass is 31.2.